The average molecular weight is 257 g/mol. The first kappa shape index (κ1) is 13.8. The normalized spacial score (nSPS) is 12.1. The van der Waals surface area contributed by atoms with Crippen LogP contribution in [0, 0.1) is 6.92 Å². The highest BCUT2D eigenvalue weighted by atomic mass is 35.5. The number of amides is 1. The Morgan fingerprint density at radius 1 is 1.59 bits per heavy atom. The van der Waals surface area contributed by atoms with E-state index in [0.29, 0.717) is 17.3 Å². The number of carbonyl (C=O) groups is 1. The highest BCUT2D eigenvalue weighted by Crippen LogP contribution is 2.27. The van der Waals surface area contributed by atoms with E-state index in [1.807, 2.05) is 13.0 Å². The lowest BCUT2D eigenvalue weighted by Crippen LogP contribution is -2.37. The molecule has 1 unspecified atom stereocenters. The van der Waals surface area contributed by atoms with E-state index in [9.17, 15) is 4.79 Å². The Morgan fingerprint density at radius 3 is 2.76 bits per heavy atom. The van der Waals surface area contributed by atoms with Crippen LogP contribution in [0.3, 0.4) is 0 Å². The van der Waals surface area contributed by atoms with E-state index in [-0.39, 0.29) is 5.91 Å². The van der Waals surface area contributed by atoms with Gasteiger partial charge < -0.3 is 15.8 Å². The molecular formula is C12H17ClN2O2. The number of ether oxygens (including phenoxy) is 1. The second-order valence-corrected chi connectivity index (χ2v) is 4.33. The van der Waals surface area contributed by atoms with Crippen LogP contribution in [-0.2, 0) is 11.3 Å². The Labute approximate surface area is 106 Å². The van der Waals surface area contributed by atoms with E-state index >= 15 is 0 Å². The van der Waals surface area contributed by atoms with Gasteiger partial charge in [0.2, 0.25) is 5.91 Å². The Balaban J connectivity index is 2.79. The summed E-state index contributed by atoms with van der Waals surface area (Å²) in [6.07, 6.45) is 0. The van der Waals surface area contributed by atoms with Gasteiger partial charge in [0.05, 0.1) is 18.2 Å². The molecule has 0 radical (unpaired) electrons. The Morgan fingerprint density at radius 2 is 2.24 bits per heavy atom. The van der Waals surface area contributed by atoms with Crippen LogP contribution in [-0.4, -0.2) is 19.1 Å². The van der Waals surface area contributed by atoms with Crippen molar-refractivity contribution >= 4 is 17.5 Å². The summed E-state index contributed by atoms with van der Waals surface area (Å²) in [5.74, 6) is 0.447. The van der Waals surface area contributed by atoms with Gasteiger partial charge >= 0.3 is 0 Å². The largest absolute Gasteiger partial charge is 0.495 e. The first-order chi connectivity index (χ1) is 7.95. The Hall–Kier alpha value is -1.26. The van der Waals surface area contributed by atoms with Crippen molar-refractivity contribution in [1.29, 1.82) is 0 Å². The van der Waals surface area contributed by atoms with E-state index in [2.05, 4.69) is 5.32 Å². The molecule has 1 atom stereocenters. The molecule has 0 saturated heterocycles. The molecule has 0 fully saturated rings. The van der Waals surface area contributed by atoms with Gasteiger partial charge in [-0.2, -0.15) is 0 Å². The molecule has 17 heavy (non-hydrogen) atoms. The van der Waals surface area contributed by atoms with Crippen LogP contribution in [0.15, 0.2) is 12.1 Å². The summed E-state index contributed by atoms with van der Waals surface area (Å²) in [5, 5.41) is 3.27. The average Bonchev–Trinajstić information content (AvgIpc) is 2.29. The van der Waals surface area contributed by atoms with Crippen molar-refractivity contribution in [3.8, 4) is 5.75 Å². The van der Waals surface area contributed by atoms with Crippen molar-refractivity contribution in [2.75, 3.05) is 7.11 Å². The summed E-state index contributed by atoms with van der Waals surface area (Å²) >= 11 is 6.02. The number of nitrogens with two attached hydrogens (primary N) is 1. The van der Waals surface area contributed by atoms with Crippen LogP contribution in [0.4, 0.5) is 0 Å². The molecule has 1 aromatic rings. The van der Waals surface area contributed by atoms with E-state index in [0.717, 1.165) is 11.1 Å². The second-order valence-electron chi connectivity index (χ2n) is 3.92. The lowest BCUT2D eigenvalue weighted by Gasteiger charge is -2.12. The molecule has 1 rings (SSSR count). The molecule has 3 N–H and O–H groups in total. The molecule has 0 aromatic heterocycles. The summed E-state index contributed by atoms with van der Waals surface area (Å²) in [6.45, 7) is 3.99. The smallest absolute Gasteiger partial charge is 0.236 e. The van der Waals surface area contributed by atoms with E-state index < -0.39 is 6.04 Å². The van der Waals surface area contributed by atoms with Gasteiger partial charge in [-0.15, -0.1) is 0 Å². The summed E-state index contributed by atoms with van der Waals surface area (Å²) in [6, 6.07) is 3.12. The van der Waals surface area contributed by atoms with Crippen LogP contribution in [0.2, 0.25) is 5.02 Å². The number of aryl methyl sites for hydroxylation is 1. The molecule has 1 aromatic carbocycles. The number of nitrogens with one attached hydrogen (secondary N) is 1. The lowest BCUT2D eigenvalue weighted by molar-refractivity contribution is -0.122. The molecule has 0 bridgehead atoms. The third-order valence-electron chi connectivity index (χ3n) is 2.48. The van der Waals surface area contributed by atoms with Crippen molar-refractivity contribution in [3.05, 3.63) is 28.3 Å². The van der Waals surface area contributed by atoms with Gasteiger partial charge in [-0.05, 0) is 37.1 Å². The van der Waals surface area contributed by atoms with Gasteiger partial charge in [0, 0.05) is 6.54 Å². The summed E-state index contributed by atoms with van der Waals surface area (Å²) in [7, 11) is 1.57. The first-order valence-electron chi connectivity index (χ1n) is 5.32. The van der Waals surface area contributed by atoms with Crippen molar-refractivity contribution in [2.24, 2.45) is 5.73 Å². The third-order valence-corrected chi connectivity index (χ3v) is 2.77. The molecule has 1 amide bonds. The number of rotatable bonds is 4. The molecule has 0 spiro atoms. The molecular weight excluding hydrogens is 240 g/mol. The number of methoxy groups -OCH3 is 1. The maximum absolute atomic E-state index is 11.3. The minimum Gasteiger partial charge on any atom is -0.495 e. The highest BCUT2D eigenvalue weighted by Gasteiger charge is 2.09. The first-order valence-corrected chi connectivity index (χ1v) is 5.69. The van der Waals surface area contributed by atoms with Gasteiger partial charge in [0.1, 0.15) is 5.75 Å². The van der Waals surface area contributed by atoms with Crippen molar-refractivity contribution in [2.45, 2.75) is 26.4 Å². The maximum Gasteiger partial charge on any atom is 0.236 e. The fraction of sp³-hybridized carbons (Fsp3) is 0.417. The molecule has 94 valence electrons. The van der Waals surface area contributed by atoms with E-state index in [1.165, 1.54) is 0 Å². The SMILES string of the molecule is COc1cc(C)c(CNC(=O)C(C)N)cc1Cl. The number of halogens is 1. The zero-order chi connectivity index (χ0) is 13.0. The summed E-state index contributed by atoms with van der Waals surface area (Å²) in [5.41, 5.74) is 7.41. The van der Waals surface area contributed by atoms with Gasteiger partial charge in [-0.25, -0.2) is 0 Å². The zero-order valence-corrected chi connectivity index (χ0v) is 11.0. The lowest BCUT2D eigenvalue weighted by atomic mass is 10.1. The molecule has 0 aliphatic heterocycles. The van der Waals surface area contributed by atoms with Gasteiger partial charge in [0.15, 0.2) is 0 Å². The predicted octanol–water partition coefficient (Wildman–Crippen LogP) is 1.62. The zero-order valence-electron chi connectivity index (χ0n) is 10.2. The topological polar surface area (TPSA) is 64.3 Å². The standard InChI is InChI=1S/C12H17ClN2O2/c1-7-4-11(17-3)10(13)5-9(7)6-15-12(16)8(2)14/h4-5,8H,6,14H2,1-3H3,(H,15,16). The molecule has 0 aliphatic rings. The minimum atomic E-state index is -0.510. The number of hydrogen-bond donors (Lipinski definition) is 2. The minimum absolute atomic E-state index is 0.184. The fourth-order valence-corrected chi connectivity index (χ4v) is 1.65. The van der Waals surface area contributed by atoms with Crippen molar-refractivity contribution in [3.63, 3.8) is 0 Å². The summed E-state index contributed by atoms with van der Waals surface area (Å²) < 4.78 is 5.11. The Bertz CT molecular complexity index is 419. The third kappa shape index (κ3) is 3.61. The Kier molecular flexibility index (Phi) is 4.78. The fourth-order valence-electron chi connectivity index (χ4n) is 1.39. The number of benzene rings is 1. The summed E-state index contributed by atoms with van der Waals surface area (Å²) in [4.78, 5) is 11.3. The number of carbonyl (C=O) groups excluding carboxylic acids is 1. The highest BCUT2D eigenvalue weighted by molar-refractivity contribution is 6.32. The van der Waals surface area contributed by atoms with Gasteiger partial charge in [-0.3, -0.25) is 4.79 Å². The van der Waals surface area contributed by atoms with Crippen LogP contribution in [0.25, 0.3) is 0 Å². The van der Waals surface area contributed by atoms with E-state index in [4.69, 9.17) is 22.1 Å². The van der Waals surface area contributed by atoms with Crippen molar-refractivity contribution < 1.29 is 9.53 Å². The van der Waals surface area contributed by atoms with Crippen molar-refractivity contribution in [1.82, 2.24) is 5.32 Å². The van der Waals surface area contributed by atoms with Gasteiger partial charge in [-0.1, -0.05) is 11.6 Å². The molecule has 0 heterocycles. The monoisotopic (exact) mass is 256 g/mol. The molecule has 4 nitrogen and oxygen atoms in total. The van der Waals surface area contributed by atoms with Crippen LogP contribution < -0.4 is 15.8 Å². The van der Waals surface area contributed by atoms with Gasteiger partial charge in [0.25, 0.3) is 0 Å². The number of hydrogen-bond acceptors (Lipinski definition) is 3. The molecule has 5 heteroatoms. The van der Waals surface area contributed by atoms with E-state index in [1.54, 1.807) is 20.1 Å². The van der Waals surface area contributed by atoms with Crippen LogP contribution in [0.1, 0.15) is 18.1 Å². The second kappa shape index (κ2) is 5.89. The molecule has 0 saturated carbocycles. The van der Waals surface area contributed by atoms with Crippen LogP contribution >= 0.6 is 11.6 Å². The predicted molar refractivity (Wildman–Crippen MR) is 68.2 cm³/mol. The quantitative estimate of drug-likeness (QED) is 0.861. The molecule has 0 aliphatic carbocycles. The van der Waals surface area contributed by atoms with Crippen LogP contribution in [0.5, 0.6) is 5.75 Å². The maximum atomic E-state index is 11.3.